The van der Waals surface area contributed by atoms with Crippen molar-refractivity contribution in [1.29, 1.82) is 0 Å². The fraction of sp³-hybridized carbons (Fsp3) is 0.136. The van der Waals surface area contributed by atoms with Gasteiger partial charge in [0.05, 0.1) is 10.6 Å². The minimum absolute atomic E-state index is 0.166. The first-order valence-corrected chi connectivity index (χ1v) is 10.3. The van der Waals surface area contributed by atoms with E-state index in [0.717, 1.165) is 16.8 Å². The second-order valence-electron chi connectivity index (χ2n) is 6.60. The molecule has 144 valence electrons. The zero-order valence-electron chi connectivity index (χ0n) is 16.0. The van der Waals surface area contributed by atoms with Gasteiger partial charge in [0.1, 0.15) is 0 Å². The van der Waals surface area contributed by atoms with Gasteiger partial charge in [-0.05, 0) is 67.8 Å². The lowest BCUT2D eigenvalue weighted by molar-refractivity contribution is 0.102. The van der Waals surface area contributed by atoms with Crippen LogP contribution in [0.15, 0.2) is 71.6 Å². The molecule has 5 nitrogen and oxygen atoms in total. The highest BCUT2D eigenvalue weighted by molar-refractivity contribution is 7.92. The maximum absolute atomic E-state index is 12.8. The Hall–Kier alpha value is -3.12. The number of carbonyl (C=O) groups is 1. The molecular weight excluding hydrogens is 372 g/mol. The Labute approximate surface area is 165 Å². The number of hydrogen-bond donors (Lipinski definition) is 2. The molecule has 0 fully saturated rings. The zero-order chi connectivity index (χ0) is 20.3. The first-order valence-electron chi connectivity index (χ1n) is 8.84. The molecular formula is C22H22N2O3S. The molecule has 3 aromatic rings. The smallest absolute Gasteiger partial charge is 0.261 e. The van der Waals surface area contributed by atoms with Crippen LogP contribution in [-0.2, 0) is 10.0 Å². The maximum Gasteiger partial charge on any atom is 0.261 e. The molecule has 0 aliphatic rings. The Balaban J connectivity index is 1.89. The number of carbonyl (C=O) groups excluding carboxylic acids is 1. The van der Waals surface area contributed by atoms with Gasteiger partial charge in [0.25, 0.3) is 15.9 Å². The lowest BCUT2D eigenvalue weighted by atomic mass is 10.0. The summed E-state index contributed by atoms with van der Waals surface area (Å²) in [5.74, 6) is -0.285. The summed E-state index contributed by atoms with van der Waals surface area (Å²) >= 11 is 0. The molecule has 0 atom stereocenters. The summed E-state index contributed by atoms with van der Waals surface area (Å²) in [6.45, 7) is 5.65. The summed E-state index contributed by atoms with van der Waals surface area (Å²) in [7, 11) is -3.73. The van der Waals surface area contributed by atoms with Gasteiger partial charge in [-0.25, -0.2) is 8.42 Å². The highest BCUT2D eigenvalue weighted by Crippen LogP contribution is 2.24. The highest BCUT2D eigenvalue weighted by Gasteiger charge is 2.18. The fourth-order valence-corrected chi connectivity index (χ4v) is 4.02. The number of sulfonamides is 1. The van der Waals surface area contributed by atoms with Crippen LogP contribution in [0.1, 0.15) is 27.0 Å². The predicted molar refractivity (Wildman–Crippen MR) is 112 cm³/mol. The minimum atomic E-state index is -3.73. The third-order valence-corrected chi connectivity index (χ3v) is 6.11. The van der Waals surface area contributed by atoms with Gasteiger partial charge < -0.3 is 5.32 Å². The molecule has 0 saturated heterocycles. The average Bonchev–Trinajstić information content (AvgIpc) is 2.67. The Kier molecular flexibility index (Phi) is 5.51. The number of hydrogen-bond acceptors (Lipinski definition) is 3. The van der Waals surface area contributed by atoms with Crippen molar-refractivity contribution in [2.24, 2.45) is 0 Å². The van der Waals surface area contributed by atoms with E-state index < -0.39 is 10.0 Å². The van der Waals surface area contributed by atoms with Crippen LogP contribution in [0.2, 0.25) is 0 Å². The Morgan fingerprint density at radius 3 is 2.11 bits per heavy atom. The number of amides is 1. The van der Waals surface area contributed by atoms with E-state index in [1.54, 1.807) is 43.3 Å². The summed E-state index contributed by atoms with van der Waals surface area (Å²) in [4.78, 5) is 13.0. The average molecular weight is 394 g/mol. The predicted octanol–water partition coefficient (Wildman–Crippen LogP) is 4.66. The standard InChI is InChI=1S/C22H22N2O3S/c1-15-9-7-13-20(16(15)2)23-22(25)19-12-8-14-21(17(19)3)24-28(26,27)18-10-5-4-6-11-18/h4-14,24H,1-3H3,(H,23,25). The summed E-state index contributed by atoms with van der Waals surface area (Å²) < 4.78 is 27.8. The third-order valence-electron chi connectivity index (χ3n) is 4.73. The van der Waals surface area contributed by atoms with Crippen LogP contribution in [-0.4, -0.2) is 14.3 Å². The number of benzene rings is 3. The van der Waals surface area contributed by atoms with Crippen LogP contribution >= 0.6 is 0 Å². The largest absolute Gasteiger partial charge is 0.322 e. The molecule has 3 rings (SSSR count). The number of aryl methyl sites for hydroxylation is 1. The number of nitrogens with one attached hydrogen (secondary N) is 2. The van der Waals surface area contributed by atoms with Crippen molar-refractivity contribution in [1.82, 2.24) is 0 Å². The van der Waals surface area contributed by atoms with Crippen molar-refractivity contribution in [3.63, 3.8) is 0 Å². The van der Waals surface area contributed by atoms with Gasteiger partial charge in [0.15, 0.2) is 0 Å². The third kappa shape index (κ3) is 4.07. The van der Waals surface area contributed by atoms with Crippen LogP contribution in [0.25, 0.3) is 0 Å². The molecule has 0 aromatic heterocycles. The lowest BCUT2D eigenvalue weighted by Gasteiger charge is -2.15. The van der Waals surface area contributed by atoms with Crippen molar-refractivity contribution in [3.8, 4) is 0 Å². The van der Waals surface area contributed by atoms with Crippen molar-refractivity contribution < 1.29 is 13.2 Å². The summed E-state index contributed by atoms with van der Waals surface area (Å²) in [6.07, 6.45) is 0. The van der Waals surface area contributed by atoms with Gasteiger partial charge in [-0.2, -0.15) is 0 Å². The van der Waals surface area contributed by atoms with Gasteiger partial charge in [-0.1, -0.05) is 36.4 Å². The van der Waals surface area contributed by atoms with Gasteiger partial charge >= 0.3 is 0 Å². The van der Waals surface area contributed by atoms with E-state index in [1.165, 1.54) is 12.1 Å². The van der Waals surface area contributed by atoms with Crippen LogP contribution in [0.3, 0.4) is 0 Å². The Morgan fingerprint density at radius 2 is 1.39 bits per heavy atom. The number of anilines is 2. The van der Waals surface area contributed by atoms with Crippen molar-refractivity contribution >= 4 is 27.3 Å². The Bertz CT molecular complexity index is 1120. The van der Waals surface area contributed by atoms with Crippen LogP contribution in [0.4, 0.5) is 11.4 Å². The molecule has 0 aliphatic heterocycles. The molecule has 0 heterocycles. The molecule has 0 spiro atoms. The molecule has 1 amide bonds. The normalized spacial score (nSPS) is 11.1. The Morgan fingerprint density at radius 1 is 0.750 bits per heavy atom. The summed E-state index contributed by atoms with van der Waals surface area (Å²) in [5.41, 5.74) is 4.16. The first kappa shape index (κ1) is 19.6. The van der Waals surface area contributed by atoms with E-state index in [0.29, 0.717) is 16.8 Å². The zero-order valence-corrected chi connectivity index (χ0v) is 16.8. The molecule has 0 radical (unpaired) electrons. The van der Waals surface area contributed by atoms with Crippen LogP contribution < -0.4 is 10.0 Å². The van der Waals surface area contributed by atoms with Gasteiger partial charge in [0, 0.05) is 11.3 Å². The molecule has 6 heteroatoms. The topological polar surface area (TPSA) is 75.3 Å². The van der Waals surface area contributed by atoms with E-state index in [9.17, 15) is 13.2 Å². The van der Waals surface area contributed by atoms with Gasteiger partial charge in [-0.15, -0.1) is 0 Å². The van der Waals surface area contributed by atoms with Crippen molar-refractivity contribution in [2.75, 3.05) is 10.0 Å². The molecule has 0 bridgehead atoms. The molecule has 3 aromatic carbocycles. The molecule has 28 heavy (non-hydrogen) atoms. The van der Waals surface area contributed by atoms with Gasteiger partial charge in [0.2, 0.25) is 0 Å². The molecule has 0 aliphatic carbocycles. The van der Waals surface area contributed by atoms with E-state index in [2.05, 4.69) is 10.0 Å². The summed E-state index contributed by atoms with van der Waals surface area (Å²) in [5, 5.41) is 2.91. The molecule has 0 saturated carbocycles. The van der Waals surface area contributed by atoms with E-state index in [4.69, 9.17) is 0 Å². The highest BCUT2D eigenvalue weighted by atomic mass is 32.2. The monoisotopic (exact) mass is 394 g/mol. The number of rotatable bonds is 5. The van der Waals surface area contributed by atoms with E-state index >= 15 is 0 Å². The molecule has 2 N–H and O–H groups in total. The maximum atomic E-state index is 12.8. The van der Waals surface area contributed by atoms with E-state index in [1.807, 2.05) is 32.0 Å². The first-order chi connectivity index (χ1) is 13.3. The van der Waals surface area contributed by atoms with Crippen molar-refractivity contribution in [3.05, 3.63) is 89.0 Å². The second-order valence-corrected chi connectivity index (χ2v) is 8.28. The quantitative estimate of drug-likeness (QED) is 0.661. The minimum Gasteiger partial charge on any atom is -0.322 e. The van der Waals surface area contributed by atoms with E-state index in [-0.39, 0.29) is 10.8 Å². The van der Waals surface area contributed by atoms with Gasteiger partial charge in [-0.3, -0.25) is 9.52 Å². The summed E-state index contributed by atoms with van der Waals surface area (Å²) in [6, 6.07) is 18.8. The second kappa shape index (κ2) is 7.86. The SMILES string of the molecule is Cc1cccc(NC(=O)c2cccc(NS(=O)(=O)c3ccccc3)c2C)c1C. The van der Waals surface area contributed by atoms with Crippen molar-refractivity contribution in [2.45, 2.75) is 25.7 Å². The van der Waals surface area contributed by atoms with Crippen LogP contribution in [0, 0.1) is 20.8 Å². The van der Waals surface area contributed by atoms with Crippen LogP contribution in [0.5, 0.6) is 0 Å². The lowest BCUT2D eigenvalue weighted by Crippen LogP contribution is -2.17. The molecule has 0 unspecified atom stereocenters. The fourth-order valence-electron chi connectivity index (χ4n) is 2.87.